The lowest BCUT2D eigenvalue weighted by atomic mass is 10.1. The van der Waals surface area contributed by atoms with Crippen LogP contribution in [0.2, 0.25) is 0 Å². The third kappa shape index (κ3) is 3.00. The van der Waals surface area contributed by atoms with Gasteiger partial charge >= 0.3 is 5.97 Å². The molecule has 0 aromatic heterocycles. The maximum Gasteiger partial charge on any atom is 0.339 e. The lowest BCUT2D eigenvalue weighted by Crippen LogP contribution is -2.32. The zero-order chi connectivity index (χ0) is 16.6. The highest BCUT2D eigenvalue weighted by atomic mass is 32.2. The fourth-order valence-corrected chi connectivity index (χ4v) is 3.57. The number of aliphatic imine (C=N–C) groups is 1. The highest BCUT2D eigenvalue weighted by Gasteiger charge is 2.40. The van der Waals surface area contributed by atoms with Crippen LogP contribution in [0.4, 0.5) is 5.69 Å². The molecule has 120 valence electrons. The van der Waals surface area contributed by atoms with Crippen LogP contribution in [-0.4, -0.2) is 56.4 Å². The number of amidine groups is 1. The normalized spacial score (nSPS) is 19.5. The van der Waals surface area contributed by atoms with Crippen molar-refractivity contribution in [3.05, 3.63) is 23.8 Å². The lowest BCUT2D eigenvalue weighted by Gasteiger charge is -2.11. The van der Waals surface area contributed by atoms with E-state index in [2.05, 4.69) is 10.3 Å². The molecule has 2 amide bonds. The molecule has 1 atom stereocenters. The Bertz CT molecular complexity index is 733. The Morgan fingerprint density at radius 3 is 2.87 bits per heavy atom. The molecule has 0 aliphatic carbocycles. The van der Waals surface area contributed by atoms with Crippen molar-refractivity contribution in [2.45, 2.75) is 11.7 Å². The number of hydrogen-bond acceptors (Lipinski definition) is 6. The van der Waals surface area contributed by atoms with Crippen LogP contribution in [0.5, 0.6) is 5.75 Å². The number of nitrogens with one attached hydrogen (secondary N) is 1. The fourth-order valence-electron chi connectivity index (χ4n) is 2.38. The van der Waals surface area contributed by atoms with Gasteiger partial charge < -0.3 is 15.5 Å². The zero-order valence-corrected chi connectivity index (χ0v) is 12.7. The van der Waals surface area contributed by atoms with Gasteiger partial charge in [-0.3, -0.25) is 19.5 Å². The molecule has 2 heterocycles. The van der Waals surface area contributed by atoms with E-state index in [4.69, 9.17) is 5.11 Å². The van der Waals surface area contributed by atoms with Crippen LogP contribution < -0.4 is 5.32 Å². The Balaban J connectivity index is 1.63. The van der Waals surface area contributed by atoms with E-state index in [-0.39, 0.29) is 29.5 Å². The number of carbonyl (C=O) groups excluding carboxylic acids is 2. The maximum absolute atomic E-state index is 12.1. The molecule has 1 unspecified atom stereocenters. The number of thioether (sulfide) groups is 1. The number of hydrogen-bond donors (Lipinski definition) is 3. The number of anilines is 1. The average Bonchev–Trinajstić information content (AvgIpc) is 3.03. The molecule has 1 saturated heterocycles. The molecule has 0 saturated carbocycles. The van der Waals surface area contributed by atoms with Crippen LogP contribution >= 0.6 is 11.8 Å². The van der Waals surface area contributed by atoms with E-state index in [1.54, 1.807) is 4.90 Å². The first kappa shape index (κ1) is 15.3. The first-order chi connectivity index (χ1) is 11.0. The minimum absolute atomic E-state index is 0.0134. The van der Waals surface area contributed by atoms with E-state index in [1.165, 1.54) is 23.9 Å². The van der Waals surface area contributed by atoms with Crippen molar-refractivity contribution in [1.29, 1.82) is 0 Å². The summed E-state index contributed by atoms with van der Waals surface area (Å²) in [5.41, 5.74) is 0.0222. The minimum atomic E-state index is -1.25. The topological polar surface area (TPSA) is 119 Å². The van der Waals surface area contributed by atoms with Gasteiger partial charge in [-0.2, -0.15) is 0 Å². The van der Waals surface area contributed by atoms with Gasteiger partial charge in [-0.15, -0.1) is 0 Å². The van der Waals surface area contributed by atoms with Gasteiger partial charge in [0.1, 0.15) is 16.6 Å². The van der Waals surface area contributed by atoms with Gasteiger partial charge in [-0.25, -0.2) is 4.79 Å². The quantitative estimate of drug-likeness (QED) is 0.746. The summed E-state index contributed by atoms with van der Waals surface area (Å²) in [6.07, 6.45) is -0.0134. The van der Waals surface area contributed by atoms with Gasteiger partial charge in [-0.05, 0) is 12.1 Å². The number of carbonyl (C=O) groups is 3. The summed E-state index contributed by atoms with van der Waals surface area (Å²) < 4.78 is 0. The molecule has 0 radical (unpaired) electrons. The second-order valence-electron chi connectivity index (χ2n) is 5.05. The summed E-state index contributed by atoms with van der Waals surface area (Å²) in [7, 11) is 0. The monoisotopic (exact) mass is 335 g/mol. The Morgan fingerprint density at radius 1 is 1.43 bits per heavy atom. The Labute approximate surface area is 135 Å². The summed E-state index contributed by atoms with van der Waals surface area (Å²) in [6, 6.07) is 3.74. The van der Waals surface area contributed by atoms with E-state index in [0.29, 0.717) is 18.3 Å². The Kier molecular flexibility index (Phi) is 3.95. The summed E-state index contributed by atoms with van der Waals surface area (Å²) in [6.45, 7) is 1.16. The fraction of sp³-hybridized carbons (Fsp3) is 0.286. The lowest BCUT2D eigenvalue weighted by molar-refractivity contribution is -0.127. The largest absolute Gasteiger partial charge is 0.507 e. The number of aromatic carboxylic acids is 1. The number of aromatic hydroxyl groups is 1. The highest BCUT2D eigenvalue weighted by Crippen LogP contribution is 2.32. The van der Waals surface area contributed by atoms with E-state index in [9.17, 15) is 19.5 Å². The van der Waals surface area contributed by atoms with Crippen molar-refractivity contribution in [2.75, 3.05) is 18.4 Å². The number of amides is 2. The zero-order valence-electron chi connectivity index (χ0n) is 11.9. The van der Waals surface area contributed by atoms with Crippen molar-refractivity contribution >= 4 is 40.4 Å². The van der Waals surface area contributed by atoms with Gasteiger partial charge in [0.2, 0.25) is 11.8 Å². The van der Waals surface area contributed by atoms with Crippen LogP contribution in [0.3, 0.4) is 0 Å². The number of fused-ring (bicyclic) bond motifs is 1. The summed E-state index contributed by atoms with van der Waals surface area (Å²) in [5.74, 6) is -2.20. The molecule has 2 aliphatic rings. The third-order valence-corrected chi connectivity index (χ3v) is 4.69. The molecule has 3 N–H and O–H groups in total. The van der Waals surface area contributed by atoms with Gasteiger partial charge in [0.05, 0.1) is 6.54 Å². The van der Waals surface area contributed by atoms with Crippen LogP contribution in [0.15, 0.2) is 23.2 Å². The predicted octanol–water partition coefficient (Wildman–Crippen LogP) is 0.733. The van der Waals surface area contributed by atoms with E-state index >= 15 is 0 Å². The van der Waals surface area contributed by atoms with Crippen LogP contribution in [-0.2, 0) is 9.59 Å². The third-order valence-electron chi connectivity index (χ3n) is 3.47. The molecule has 8 nitrogen and oxygen atoms in total. The maximum atomic E-state index is 12.1. The molecule has 0 bridgehead atoms. The molecular formula is C14H13N3O5S. The standard InChI is InChI=1S/C14H13N3O5S/c18-9-5-7(1-2-8(9)13(21)22)16-11(19)6-10-12(20)17-4-3-15-14(17)23-10/h1-2,5,10,18H,3-4,6H2,(H,16,19)(H,21,22). The SMILES string of the molecule is O=C(CC1SC2=NCCN2C1=O)Nc1ccc(C(=O)O)c(O)c1. The van der Waals surface area contributed by atoms with Crippen LogP contribution in [0, 0.1) is 0 Å². The van der Waals surface area contributed by atoms with E-state index < -0.39 is 17.0 Å². The summed E-state index contributed by atoms with van der Waals surface area (Å²) in [4.78, 5) is 40.7. The van der Waals surface area contributed by atoms with Crippen molar-refractivity contribution in [3.8, 4) is 5.75 Å². The molecule has 1 aromatic rings. The second-order valence-corrected chi connectivity index (χ2v) is 6.22. The average molecular weight is 335 g/mol. The molecule has 0 spiro atoms. The van der Waals surface area contributed by atoms with E-state index in [0.717, 1.165) is 6.07 Å². The molecule has 3 rings (SSSR count). The molecule has 1 aromatic carbocycles. The Hall–Kier alpha value is -2.55. The van der Waals surface area contributed by atoms with Crippen LogP contribution in [0.25, 0.3) is 0 Å². The van der Waals surface area contributed by atoms with Gasteiger partial charge in [0, 0.05) is 24.7 Å². The highest BCUT2D eigenvalue weighted by molar-refractivity contribution is 8.15. The van der Waals surface area contributed by atoms with E-state index in [1.807, 2.05) is 0 Å². The number of rotatable bonds is 4. The molecule has 23 heavy (non-hydrogen) atoms. The van der Waals surface area contributed by atoms with Crippen molar-refractivity contribution in [1.82, 2.24) is 4.90 Å². The van der Waals surface area contributed by atoms with Crippen molar-refractivity contribution < 1.29 is 24.6 Å². The molecule has 2 aliphatic heterocycles. The smallest absolute Gasteiger partial charge is 0.339 e. The number of nitrogens with zero attached hydrogens (tertiary/aromatic N) is 2. The number of carboxylic acids is 1. The number of benzene rings is 1. The number of phenols is 1. The van der Waals surface area contributed by atoms with Gasteiger partial charge in [-0.1, -0.05) is 11.8 Å². The second kappa shape index (κ2) is 5.92. The summed E-state index contributed by atoms with van der Waals surface area (Å²) >= 11 is 1.28. The van der Waals surface area contributed by atoms with Crippen molar-refractivity contribution in [2.24, 2.45) is 4.99 Å². The van der Waals surface area contributed by atoms with Gasteiger partial charge in [0.15, 0.2) is 5.17 Å². The first-order valence-corrected chi connectivity index (χ1v) is 7.72. The predicted molar refractivity (Wildman–Crippen MR) is 83.7 cm³/mol. The molecular weight excluding hydrogens is 322 g/mol. The Morgan fingerprint density at radius 2 is 2.22 bits per heavy atom. The van der Waals surface area contributed by atoms with Crippen molar-refractivity contribution in [3.63, 3.8) is 0 Å². The number of carboxylic acid groups (broad SMARTS) is 1. The molecule has 9 heteroatoms. The molecule has 1 fully saturated rings. The first-order valence-electron chi connectivity index (χ1n) is 6.84. The van der Waals surface area contributed by atoms with Crippen LogP contribution in [0.1, 0.15) is 16.8 Å². The summed E-state index contributed by atoms with van der Waals surface area (Å²) in [5, 5.41) is 21.1. The van der Waals surface area contributed by atoms with Gasteiger partial charge in [0.25, 0.3) is 0 Å². The minimum Gasteiger partial charge on any atom is -0.507 e.